The minimum atomic E-state index is 0.888. The Hall–Kier alpha value is -4.82. The highest BCUT2D eigenvalue weighted by Crippen LogP contribution is 2.40. The van der Waals surface area contributed by atoms with Gasteiger partial charge >= 0.3 is 0 Å². The third-order valence-electron chi connectivity index (χ3n) is 7.60. The second kappa shape index (κ2) is 8.93. The van der Waals surface area contributed by atoms with Crippen molar-refractivity contribution >= 4 is 60.2 Å². The van der Waals surface area contributed by atoms with Crippen molar-refractivity contribution in [3.05, 3.63) is 133 Å². The highest BCUT2D eigenvalue weighted by molar-refractivity contribution is 6.23. The summed E-state index contributed by atoms with van der Waals surface area (Å²) in [5.41, 5.74) is 4.71. The lowest BCUT2D eigenvalue weighted by atomic mass is 9.91. The molecule has 0 heterocycles. The average Bonchev–Trinajstić information content (AvgIpc) is 2.97. The monoisotopic (exact) mass is 489 g/mol. The quantitative estimate of drug-likeness (QED) is 0.228. The summed E-state index contributed by atoms with van der Waals surface area (Å²) in [7, 11) is 1.72. The van der Waals surface area contributed by atoms with Gasteiger partial charge in [0.1, 0.15) is 5.75 Å². The van der Waals surface area contributed by atoms with Gasteiger partial charge in [0.15, 0.2) is 0 Å². The normalized spacial score (nSPS) is 11.4. The zero-order valence-electron chi connectivity index (χ0n) is 21.5. The molecule has 2 heteroatoms. The minimum absolute atomic E-state index is 0.888. The molecule has 0 N–H and O–H groups in total. The number of aryl methyl sites for hydroxylation is 1. The fourth-order valence-electron chi connectivity index (χ4n) is 5.86. The van der Waals surface area contributed by atoms with Gasteiger partial charge in [0.05, 0.1) is 7.11 Å². The first kappa shape index (κ1) is 22.4. The maximum Gasteiger partial charge on any atom is 0.119 e. The molecule has 7 aromatic carbocycles. The van der Waals surface area contributed by atoms with Gasteiger partial charge in [0.2, 0.25) is 0 Å². The molecular formula is C36H27NO. The van der Waals surface area contributed by atoms with Gasteiger partial charge in [-0.1, -0.05) is 78.9 Å². The fourth-order valence-corrected chi connectivity index (χ4v) is 5.86. The number of methoxy groups -OCH3 is 1. The molecule has 0 aliphatic rings. The number of benzene rings is 7. The van der Waals surface area contributed by atoms with Crippen molar-refractivity contribution in [1.29, 1.82) is 0 Å². The molecule has 0 spiro atoms. The largest absolute Gasteiger partial charge is 0.497 e. The van der Waals surface area contributed by atoms with Crippen molar-refractivity contribution < 1.29 is 4.74 Å². The molecule has 38 heavy (non-hydrogen) atoms. The van der Waals surface area contributed by atoms with Crippen LogP contribution in [0.15, 0.2) is 127 Å². The number of fused-ring (bicyclic) bond motifs is 7. The van der Waals surface area contributed by atoms with Crippen LogP contribution in [0, 0.1) is 6.92 Å². The van der Waals surface area contributed by atoms with Crippen molar-refractivity contribution in [2.75, 3.05) is 12.0 Å². The lowest BCUT2D eigenvalue weighted by molar-refractivity contribution is 0.415. The van der Waals surface area contributed by atoms with Crippen LogP contribution in [0.2, 0.25) is 0 Å². The summed E-state index contributed by atoms with van der Waals surface area (Å²) in [5.74, 6) is 0.888. The van der Waals surface area contributed by atoms with Crippen LogP contribution in [0.4, 0.5) is 17.1 Å². The fraction of sp³-hybridized carbons (Fsp3) is 0.0556. The maximum atomic E-state index is 5.47. The molecule has 0 fully saturated rings. The summed E-state index contributed by atoms with van der Waals surface area (Å²) >= 11 is 0. The number of anilines is 3. The molecule has 0 aliphatic carbocycles. The van der Waals surface area contributed by atoms with E-state index in [-0.39, 0.29) is 0 Å². The Morgan fingerprint density at radius 3 is 1.76 bits per heavy atom. The minimum Gasteiger partial charge on any atom is -0.497 e. The Kier molecular flexibility index (Phi) is 5.26. The summed E-state index contributed by atoms with van der Waals surface area (Å²) in [6.45, 7) is 2.21. The van der Waals surface area contributed by atoms with E-state index < -0.39 is 0 Å². The highest BCUT2D eigenvalue weighted by atomic mass is 16.5. The van der Waals surface area contributed by atoms with Gasteiger partial charge < -0.3 is 9.64 Å². The van der Waals surface area contributed by atoms with E-state index in [4.69, 9.17) is 4.74 Å². The average molecular weight is 490 g/mol. The standard InChI is InChI=1S/C36H27NO/c1-24-21-26-23-30(38-2)15-18-32(26)34-20-19-33-31-17-14-29(22-25(31)13-16-35(33)36(24)34)37(27-9-5-3-6-10-27)28-11-7-4-8-12-28/h3-23H,1-2H3. The van der Waals surface area contributed by atoms with Gasteiger partial charge in [-0.25, -0.2) is 0 Å². The van der Waals surface area contributed by atoms with Gasteiger partial charge in [0.25, 0.3) is 0 Å². The van der Waals surface area contributed by atoms with Crippen LogP contribution in [-0.4, -0.2) is 7.11 Å². The number of rotatable bonds is 4. The molecule has 0 atom stereocenters. The van der Waals surface area contributed by atoms with Crippen molar-refractivity contribution in [2.45, 2.75) is 6.92 Å². The second-order valence-electron chi connectivity index (χ2n) is 9.84. The summed E-state index contributed by atoms with van der Waals surface area (Å²) in [6, 6.07) is 45.7. The van der Waals surface area contributed by atoms with Crippen LogP contribution in [0.1, 0.15) is 5.56 Å². The lowest BCUT2D eigenvalue weighted by Crippen LogP contribution is -2.09. The molecule has 0 aliphatic heterocycles. The summed E-state index contributed by atoms with van der Waals surface area (Å²) < 4.78 is 5.47. The Morgan fingerprint density at radius 1 is 0.474 bits per heavy atom. The van der Waals surface area contributed by atoms with Crippen molar-refractivity contribution in [1.82, 2.24) is 0 Å². The van der Waals surface area contributed by atoms with E-state index in [1.165, 1.54) is 48.7 Å². The van der Waals surface area contributed by atoms with Crippen LogP contribution < -0.4 is 9.64 Å². The van der Waals surface area contributed by atoms with Gasteiger partial charge in [-0.15, -0.1) is 0 Å². The molecule has 0 saturated heterocycles. The van der Waals surface area contributed by atoms with E-state index in [2.05, 4.69) is 139 Å². The molecule has 0 unspecified atom stereocenters. The molecule has 0 amide bonds. The molecule has 0 saturated carbocycles. The maximum absolute atomic E-state index is 5.47. The van der Waals surface area contributed by atoms with E-state index >= 15 is 0 Å². The summed E-state index contributed by atoms with van der Waals surface area (Å²) in [4.78, 5) is 2.31. The Labute approximate surface area is 222 Å². The van der Waals surface area contributed by atoms with Crippen LogP contribution in [0.25, 0.3) is 43.1 Å². The number of para-hydroxylation sites is 2. The topological polar surface area (TPSA) is 12.5 Å². The third kappa shape index (κ3) is 3.57. The Balaban J connectivity index is 1.44. The summed E-state index contributed by atoms with van der Waals surface area (Å²) in [5, 5.41) is 10.1. The predicted octanol–water partition coefficient (Wildman–Crippen LogP) is 10.1. The van der Waals surface area contributed by atoms with Crippen LogP contribution in [0.3, 0.4) is 0 Å². The van der Waals surface area contributed by atoms with E-state index in [0.29, 0.717) is 0 Å². The SMILES string of the molecule is COc1ccc2c(c1)cc(C)c1c2ccc2c3ccc(N(c4ccccc4)c4ccccc4)cc3ccc21. The summed E-state index contributed by atoms with van der Waals surface area (Å²) in [6.07, 6.45) is 0. The van der Waals surface area contributed by atoms with E-state index in [1.807, 2.05) is 0 Å². The number of nitrogens with zero attached hydrogens (tertiary/aromatic N) is 1. The van der Waals surface area contributed by atoms with Gasteiger partial charge in [0, 0.05) is 17.1 Å². The molecule has 0 bridgehead atoms. The highest BCUT2D eigenvalue weighted by Gasteiger charge is 2.14. The first-order valence-electron chi connectivity index (χ1n) is 13.0. The van der Waals surface area contributed by atoms with Gasteiger partial charge in [-0.2, -0.15) is 0 Å². The van der Waals surface area contributed by atoms with Gasteiger partial charge in [-0.05, 0) is 104 Å². The molecule has 7 rings (SSSR count). The second-order valence-corrected chi connectivity index (χ2v) is 9.84. The Morgan fingerprint density at radius 2 is 1.05 bits per heavy atom. The van der Waals surface area contributed by atoms with Gasteiger partial charge in [-0.3, -0.25) is 0 Å². The van der Waals surface area contributed by atoms with Crippen molar-refractivity contribution in [2.24, 2.45) is 0 Å². The molecule has 7 aromatic rings. The lowest BCUT2D eigenvalue weighted by Gasteiger charge is -2.26. The number of ether oxygens (including phenoxy) is 1. The van der Waals surface area contributed by atoms with Crippen molar-refractivity contribution in [3.63, 3.8) is 0 Å². The first-order valence-corrected chi connectivity index (χ1v) is 13.0. The molecule has 2 nitrogen and oxygen atoms in total. The smallest absolute Gasteiger partial charge is 0.119 e. The molecule has 0 aromatic heterocycles. The third-order valence-corrected chi connectivity index (χ3v) is 7.60. The molecule has 182 valence electrons. The number of hydrogen-bond donors (Lipinski definition) is 0. The zero-order chi connectivity index (χ0) is 25.6. The zero-order valence-corrected chi connectivity index (χ0v) is 21.5. The molecule has 0 radical (unpaired) electrons. The van der Waals surface area contributed by atoms with E-state index in [9.17, 15) is 0 Å². The Bertz CT molecular complexity index is 1920. The van der Waals surface area contributed by atoms with Crippen LogP contribution in [0.5, 0.6) is 5.75 Å². The molecular weight excluding hydrogens is 462 g/mol. The van der Waals surface area contributed by atoms with Crippen LogP contribution >= 0.6 is 0 Å². The van der Waals surface area contributed by atoms with E-state index in [0.717, 1.165) is 22.8 Å². The predicted molar refractivity (Wildman–Crippen MR) is 162 cm³/mol. The number of hydrogen-bond acceptors (Lipinski definition) is 2. The first-order chi connectivity index (χ1) is 18.7. The van der Waals surface area contributed by atoms with Crippen LogP contribution in [-0.2, 0) is 0 Å². The van der Waals surface area contributed by atoms with Crippen molar-refractivity contribution in [3.8, 4) is 5.75 Å². The van der Waals surface area contributed by atoms with E-state index in [1.54, 1.807) is 7.11 Å².